The van der Waals surface area contributed by atoms with Crippen molar-refractivity contribution < 1.29 is 24.2 Å². The Morgan fingerprint density at radius 3 is 2.82 bits per heavy atom. The standard InChI is InChI=1S/C28H35N5O5S/c1-4-6-9-17-38-26(37)22-21-24(35)32(15-16-34)23(28(21)13-12-27(22,3)39-28)25(36)31(14-5-2)18-33-20-11-8-7-10-19(20)29-30-33/h4-5,7-8,10-11,21-23,34H,1-2,6,9,12-18H2,3H3/t21-,22-,23?,27+,28?/m0/s1. The van der Waals surface area contributed by atoms with Crippen molar-refractivity contribution in [2.24, 2.45) is 11.8 Å². The van der Waals surface area contributed by atoms with Crippen LogP contribution in [0.2, 0.25) is 0 Å². The van der Waals surface area contributed by atoms with Gasteiger partial charge in [-0.25, -0.2) is 4.68 Å². The quantitative estimate of drug-likeness (QED) is 0.242. The summed E-state index contributed by atoms with van der Waals surface area (Å²) in [6.45, 7) is 9.90. The highest BCUT2D eigenvalue weighted by atomic mass is 32.2. The van der Waals surface area contributed by atoms with Gasteiger partial charge in [-0.05, 0) is 44.7 Å². The Bertz CT molecular complexity index is 1300. The molecular weight excluding hydrogens is 518 g/mol. The van der Waals surface area contributed by atoms with E-state index in [9.17, 15) is 19.5 Å². The molecule has 2 aromatic rings. The summed E-state index contributed by atoms with van der Waals surface area (Å²) >= 11 is 1.58. The number of thioether (sulfide) groups is 1. The lowest BCUT2D eigenvalue weighted by atomic mass is 9.66. The number of aliphatic hydroxyl groups excluding tert-OH is 1. The van der Waals surface area contributed by atoms with Crippen molar-refractivity contribution in [1.29, 1.82) is 0 Å². The molecule has 208 valence electrons. The van der Waals surface area contributed by atoms with Crippen molar-refractivity contribution in [2.45, 2.75) is 54.8 Å². The highest BCUT2D eigenvalue weighted by Crippen LogP contribution is 2.71. The lowest BCUT2D eigenvalue weighted by molar-refractivity contribution is -0.155. The molecule has 1 N–H and O–H groups in total. The smallest absolute Gasteiger partial charge is 0.311 e. The van der Waals surface area contributed by atoms with Crippen LogP contribution >= 0.6 is 11.8 Å². The first-order chi connectivity index (χ1) is 18.8. The van der Waals surface area contributed by atoms with Gasteiger partial charge in [0.15, 0.2) is 0 Å². The molecule has 10 nitrogen and oxygen atoms in total. The zero-order valence-corrected chi connectivity index (χ0v) is 23.0. The minimum Gasteiger partial charge on any atom is -0.465 e. The number of aliphatic hydroxyl groups is 1. The molecule has 2 unspecified atom stereocenters. The average molecular weight is 554 g/mol. The molecule has 39 heavy (non-hydrogen) atoms. The number of unbranched alkanes of at least 4 members (excludes halogenated alkanes) is 1. The third-order valence-electron chi connectivity index (χ3n) is 8.29. The number of ether oxygens (including phenoxy) is 1. The Hall–Kier alpha value is -3.18. The van der Waals surface area contributed by atoms with E-state index in [-0.39, 0.29) is 50.8 Å². The number of carbonyl (C=O) groups excluding carboxylic acids is 3. The number of likely N-dealkylation sites (tertiary alicyclic amines) is 1. The van der Waals surface area contributed by atoms with E-state index in [4.69, 9.17) is 4.74 Å². The number of allylic oxidation sites excluding steroid dienone is 1. The van der Waals surface area contributed by atoms with Gasteiger partial charge in [-0.1, -0.05) is 29.5 Å². The predicted octanol–water partition coefficient (Wildman–Crippen LogP) is 2.39. The number of hydrogen-bond acceptors (Lipinski definition) is 8. The van der Waals surface area contributed by atoms with Crippen LogP contribution in [-0.2, 0) is 25.8 Å². The summed E-state index contributed by atoms with van der Waals surface area (Å²) in [5, 5.41) is 18.3. The summed E-state index contributed by atoms with van der Waals surface area (Å²) in [4.78, 5) is 44.8. The molecule has 1 aromatic heterocycles. The lowest BCUT2D eigenvalue weighted by Crippen LogP contribution is -2.55. The van der Waals surface area contributed by atoms with Gasteiger partial charge < -0.3 is 19.6 Å². The van der Waals surface area contributed by atoms with E-state index < -0.39 is 27.4 Å². The molecule has 11 heteroatoms. The molecule has 4 heterocycles. The second-order valence-corrected chi connectivity index (χ2v) is 12.5. The second-order valence-electron chi connectivity index (χ2n) is 10.6. The van der Waals surface area contributed by atoms with Crippen molar-refractivity contribution in [2.75, 3.05) is 26.3 Å². The summed E-state index contributed by atoms with van der Waals surface area (Å²) in [7, 11) is 0. The first kappa shape index (κ1) is 27.4. The van der Waals surface area contributed by atoms with Crippen LogP contribution < -0.4 is 0 Å². The molecule has 3 aliphatic rings. The molecule has 1 spiro atoms. The van der Waals surface area contributed by atoms with Gasteiger partial charge in [0.05, 0.1) is 35.3 Å². The number of carbonyl (C=O) groups is 3. The van der Waals surface area contributed by atoms with Gasteiger partial charge in [-0.15, -0.1) is 30.0 Å². The summed E-state index contributed by atoms with van der Waals surface area (Å²) in [5.74, 6) is -2.25. The summed E-state index contributed by atoms with van der Waals surface area (Å²) in [5.41, 5.74) is 1.50. The van der Waals surface area contributed by atoms with E-state index in [0.29, 0.717) is 24.8 Å². The number of esters is 1. The van der Waals surface area contributed by atoms with Crippen LogP contribution in [0.4, 0.5) is 0 Å². The number of aromatic nitrogens is 3. The minimum atomic E-state index is -0.831. The van der Waals surface area contributed by atoms with Gasteiger partial charge in [0, 0.05) is 17.8 Å². The zero-order chi connectivity index (χ0) is 27.8. The van der Waals surface area contributed by atoms with Crippen molar-refractivity contribution in [3.8, 4) is 0 Å². The maximum atomic E-state index is 14.4. The van der Waals surface area contributed by atoms with E-state index in [1.165, 1.54) is 4.90 Å². The monoisotopic (exact) mass is 553 g/mol. The van der Waals surface area contributed by atoms with Crippen LogP contribution in [0.5, 0.6) is 0 Å². The normalized spacial score (nSPS) is 29.0. The van der Waals surface area contributed by atoms with Gasteiger partial charge in [-0.2, -0.15) is 0 Å². The Morgan fingerprint density at radius 1 is 1.28 bits per heavy atom. The Kier molecular flexibility index (Phi) is 7.56. The largest absolute Gasteiger partial charge is 0.465 e. The number of rotatable bonds is 12. The summed E-state index contributed by atoms with van der Waals surface area (Å²) in [6, 6.07) is 6.67. The molecular formula is C28H35N5O5S. The topological polar surface area (TPSA) is 118 Å². The van der Waals surface area contributed by atoms with Crippen molar-refractivity contribution in [3.05, 3.63) is 49.6 Å². The van der Waals surface area contributed by atoms with Crippen molar-refractivity contribution in [1.82, 2.24) is 24.8 Å². The van der Waals surface area contributed by atoms with E-state index in [1.54, 1.807) is 33.5 Å². The fourth-order valence-electron chi connectivity index (χ4n) is 6.63. The number of para-hydroxylation sites is 1. The van der Waals surface area contributed by atoms with E-state index in [2.05, 4.69) is 23.5 Å². The number of fused-ring (bicyclic) bond motifs is 2. The highest BCUT2D eigenvalue weighted by molar-refractivity contribution is 8.02. The molecule has 0 radical (unpaired) electrons. The molecule has 3 aliphatic heterocycles. The molecule has 0 saturated carbocycles. The molecule has 5 rings (SSSR count). The maximum Gasteiger partial charge on any atom is 0.311 e. The van der Waals surface area contributed by atoms with E-state index in [0.717, 1.165) is 11.9 Å². The second kappa shape index (κ2) is 10.8. The van der Waals surface area contributed by atoms with Crippen LogP contribution in [0, 0.1) is 11.8 Å². The summed E-state index contributed by atoms with van der Waals surface area (Å²) in [6.07, 6.45) is 6.14. The van der Waals surface area contributed by atoms with Crippen molar-refractivity contribution >= 4 is 40.6 Å². The highest BCUT2D eigenvalue weighted by Gasteiger charge is 2.77. The summed E-state index contributed by atoms with van der Waals surface area (Å²) < 4.78 is 6.00. The molecule has 2 amide bonds. The van der Waals surface area contributed by atoms with Crippen LogP contribution in [0.3, 0.4) is 0 Å². The first-order valence-corrected chi connectivity index (χ1v) is 14.2. The molecule has 3 fully saturated rings. The third kappa shape index (κ3) is 4.45. The lowest BCUT2D eigenvalue weighted by Gasteiger charge is -2.37. The first-order valence-electron chi connectivity index (χ1n) is 13.4. The number of nitrogens with zero attached hydrogens (tertiary/aromatic N) is 5. The van der Waals surface area contributed by atoms with Crippen molar-refractivity contribution in [3.63, 3.8) is 0 Å². The fourth-order valence-corrected chi connectivity index (χ4v) is 8.97. The average Bonchev–Trinajstić information content (AvgIpc) is 3.62. The molecule has 5 atom stereocenters. The number of β-amino-alcohol motifs (C(OH)–C–C–N with tert-alkyl or cyclic N) is 1. The van der Waals surface area contributed by atoms with E-state index >= 15 is 0 Å². The molecule has 0 aliphatic carbocycles. The van der Waals surface area contributed by atoms with Gasteiger partial charge in [-0.3, -0.25) is 14.4 Å². The minimum absolute atomic E-state index is 0.0139. The Morgan fingerprint density at radius 2 is 2.08 bits per heavy atom. The van der Waals surface area contributed by atoms with Crippen LogP contribution in [-0.4, -0.2) is 89.5 Å². The molecule has 2 bridgehead atoms. The van der Waals surface area contributed by atoms with Gasteiger partial charge in [0.2, 0.25) is 11.8 Å². The number of amides is 2. The van der Waals surface area contributed by atoms with Gasteiger partial charge in [0.1, 0.15) is 18.2 Å². The zero-order valence-electron chi connectivity index (χ0n) is 22.2. The van der Waals surface area contributed by atoms with Crippen LogP contribution in [0.1, 0.15) is 32.6 Å². The van der Waals surface area contributed by atoms with Crippen LogP contribution in [0.15, 0.2) is 49.6 Å². The molecule has 1 aromatic carbocycles. The fraction of sp³-hybridized carbons (Fsp3) is 0.536. The van der Waals surface area contributed by atoms with Gasteiger partial charge in [0.25, 0.3) is 0 Å². The van der Waals surface area contributed by atoms with Gasteiger partial charge >= 0.3 is 5.97 Å². The Balaban J connectivity index is 1.47. The third-order valence-corrected chi connectivity index (χ3v) is 10.3. The van der Waals surface area contributed by atoms with E-state index in [1.807, 2.05) is 31.2 Å². The Labute approximate surface area is 232 Å². The van der Waals surface area contributed by atoms with Crippen LogP contribution in [0.25, 0.3) is 11.0 Å². The predicted molar refractivity (Wildman–Crippen MR) is 147 cm³/mol. The number of benzene rings is 1. The molecule has 3 saturated heterocycles. The SMILES string of the molecule is C=CCCCOC(=O)[C@@H]1[C@H]2C(=O)N(CCO)C(C(=O)N(CC=C)Cn3nnc4ccccc43)C23CC[C@@]1(C)S3. The maximum absolute atomic E-state index is 14.4. The number of hydrogen-bond donors (Lipinski definition) is 1.